The highest BCUT2D eigenvalue weighted by Crippen LogP contribution is 2.29. The van der Waals surface area contributed by atoms with Crippen LogP contribution in [0.2, 0.25) is 0 Å². The number of hydrogen-bond acceptors (Lipinski definition) is 3. The van der Waals surface area contributed by atoms with Crippen LogP contribution in [0.15, 0.2) is 29.2 Å². The zero-order valence-corrected chi connectivity index (χ0v) is 11.6. The number of thioether (sulfide) groups is 1. The molecule has 0 amide bonds. The predicted molar refractivity (Wildman–Crippen MR) is 76.7 cm³/mol. The van der Waals surface area contributed by atoms with E-state index < -0.39 is 5.76 Å². The summed E-state index contributed by atoms with van der Waals surface area (Å²) in [6, 6.07) is 7.62. The van der Waals surface area contributed by atoms with Crippen LogP contribution >= 0.6 is 11.8 Å². The van der Waals surface area contributed by atoms with Gasteiger partial charge in [0.25, 0.3) is 5.76 Å². The molecule has 0 bridgehead atoms. The van der Waals surface area contributed by atoms with Crippen molar-refractivity contribution >= 4 is 17.4 Å². The first-order valence-electron chi connectivity index (χ1n) is 6.70. The van der Waals surface area contributed by atoms with Gasteiger partial charge < -0.3 is 11.1 Å². The summed E-state index contributed by atoms with van der Waals surface area (Å²) in [6.45, 7) is 0.705. The highest BCUT2D eigenvalue weighted by Gasteiger charge is 2.23. The summed E-state index contributed by atoms with van der Waals surface area (Å²) in [7, 11) is 0. The highest BCUT2D eigenvalue weighted by molar-refractivity contribution is 7.99. The van der Waals surface area contributed by atoms with Gasteiger partial charge in [0.15, 0.2) is 0 Å². The van der Waals surface area contributed by atoms with Gasteiger partial charge in [0.1, 0.15) is 0 Å². The van der Waals surface area contributed by atoms with Crippen molar-refractivity contribution < 1.29 is 8.78 Å². The van der Waals surface area contributed by atoms with Crippen LogP contribution < -0.4 is 11.1 Å². The summed E-state index contributed by atoms with van der Waals surface area (Å²) in [5.74, 6) is -1.84. The third kappa shape index (κ3) is 4.35. The molecule has 19 heavy (non-hydrogen) atoms. The molecule has 3 N–H and O–H groups in total. The van der Waals surface area contributed by atoms with E-state index in [1.54, 1.807) is 12.1 Å². The lowest BCUT2D eigenvalue weighted by Crippen LogP contribution is -2.36. The summed E-state index contributed by atoms with van der Waals surface area (Å²) in [5, 5.41) is 3.49. The van der Waals surface area contributed by atoms with E-state index in [0.717, 1.165) is 12.1 Å². The minimum Gasteiger partial charge on any atom is -0.382 e. The van der Waals surface area contributed by atoms with Gasteiger partial charge in [-0.15, -0.1) is 0 Å². The van der Waals surface area contributed by atoms with Gasteiger partial charge in [0.05, 0.1) is 0 Å². The largest absolute Gasteiger partial charge is 0.382 e. The number of anilines is 1. The van der Waals surface area contributed by atoms with Crippen molar-refractivity contribution in [3.8, 4) is 0 Å². The number of nitrogens with two attached hydrogens (primary N) is 1. The Hall–Kier alpha value is -0.810. The van der Waals surface area contributed by atoms with Crippen LogP contribution in [0.25, 0.3) is 0 Å². The van der Waals surface area contributed by atoms with E-state index in [1.165, 1.54) is 19.3 Å². The predicted octanol–water partition coefficient (Wildman–Crippen LogP) is 3.93. The Bertz CT molecular complexity index is 384. The van der Waals surface area contributed by atoms with E-state index in [0.29, 0.717) is 35.2 Å². The van der Waals surface area contributed by atoms with Gasteiger partial charge in [-0.25, -0.2) is 0 Å². The fraction of sp³-hybridized carbons (Fsp3) is 0.571. The zero-order chi connectivity index (χ0) is 13.7. The minimum atomic E-state index is -2.36. The first kappa shape index (κ1) is 14.6. The fourth-order valence-corrected chi connectivity index (χ4v) is 3.13. The normalized spacial score (nSPS) is 23.6. The summed E-state index contributed by atoms with van der Waals surface area (Å²) in [5.41, 5.74) is 6.79. The molecule has 1 aliphatic rings. The molecule has 0 radical (unpaired) electrons. The van der Waals surface area contributed by atoms with E-state index in [9.17, 15) is 8.78 Å². The number of alkyl halides is 2. The number of nitrogens with one attached hydrogen (secondary N) is 1. The highest BCUT2D eigenvalue weighted by atomic mass is 32.2. The van der Waals surface area contributed by atoms with E-state index in [2.05, 4.69) is 5.32 Å². The number of rotatable bonds is 5. The van der Waals surface area contributed by atoms with Crippen molar-refractivity contribution in [2.45, 2.75) is 42.4 Å². The summed E-state index contributed by atoms with van der Waals surface area (Å²) < 4.78 is 24.4. The van der Waals surface area contributed by atoms with Gasteiger partial charge in [-0.1, -0.05) is 24.6 Å². The van der Waals surface area contributed by atoms with Crippen molar-refractivity contribution in [3.63, 3.8) is 0 Å². The molecule has 0 aromatic heterocycles. The van der Waals surface area contributed by atoms with Crippen LogP contribution in [0.3, 0.4) is 0 Å². The summed E-state index contributed by atoms with van der Waals surface area (Å²) in [6.07, 6.45) is 4.79. The average Bonchev–Trinajstić information content (AvgIpc) is 2.41. The second kappa shape index (κ2) is 7.10. The molecule has 0 saturated heterocycles. The van der Waals surface area contributed by atoms with Gasteiger partial charge in [0.2, 0.25) is 0 Å². The van der Waals surface area contributed by atoms with Crippen molar-refractivity contribution in [2.24, 2.45) is 11.7 Å². The lowest BCUT2D eigenvalue weighted by molar-refractivity contribution is 0.252. The molecule has 0 aliphatic heterocycles. The van der Waals surface area contributed by atoms with Gasteiger partial charge >= 0.3 is 0 Å². The zero-order valence-electron chi connectivity index (χ0n) is 10.8. The monoisotopic (exact) mass is 286 g/mol. The SMILES string of the molecule is NCC1CCCCC1Nc1ccc(SC(F)F)cc1. The first-order valence-corrected chi connectivity index (χ1v) is 7.58. The average molecular weight is 286 g/mol. The third-order valence-electron chi connectivity index (χ3n) is 3.64. The molecular formula is C14H20F2N2S. The second-order valence-corrected chi connectivity index (χ2v) is 6.00. The molecule has 1 aromatic carbocycles. The summed E-state index contributed by atoms with van der Waals surface area (Å²) in [4.78, 5) is 0.597. The van der Waals surface area contributed by atoms with Gasteiger partial charge in [-0.3, -0.25) is 0 Å². The smallest absolute Gasteiger partial charge is 0.288 e. The maximum absolute atomic E-state index is 12.2. The molecule has 1 aliphatic carbocycles. The second-order valence-electron chi connectivity index (χ2n) is 4.93. The van der Waals surface area contributed by atoms with Gasteiger partial charge in [-0.2, -0.15) is 8.78 Å². The topological polar surface area (TPSA) is 38.0 Å². The molecule has 1 saturated carbocycles. The first-order chi connectivity index (χ1) is 9.19. The molecule has 2 nitrogen and oxygen atoms in total. The number of benzene rings is 1. The maximum atomic E-state index is 12.2. The van der Waals surface area contributed by atoms with Crippen LogP contribution in [0.1, 0.15) is 25.7 Å². The molecule has 0 spiro atoms. The molecule has 1 fully saturated rings. The van der Waals surface area contributed by atoms with Crippen molar-refractivity contribution in [3.05, 3.63) is 24.3 Å². The Morgan fingerprint density at radius 3 is 2.53 bits per heavy atom. The molecule has 106 valence electrons. The van der Waals surface area contributed by atoms with Crippen LogP contribution in [0.4, 0.5) is 14.5 Å². The lowest BCUT2D eigenvalue weighted by atomic mass is 9.84. The van der Waals surface area contributed by atoms with Crippen LogP contribution in [0.5, 0.6) is 0 Å². The quantitative estimate of drug-likeness (QED) is 0.805. The fourth-order valence-electron chi connectivity index (χ4n) is 2.63. The van der Waals surface area contributed by atoms with E-state index in [-0.39, 0.29) is 0 Å². The van der Waals surface area contributed by atoms with Gasteiger partial charge in [0, 0.05) is 16.6 Å². The molecule has 2 atom stereocenters. The molecule has 1 aromatic rings. The number of halogens is 2. The number of hydrogen-bond donors (Lipinski definition) is 2. The Balaban J connectivity index is 1.94. The Labute approximate surface area is 117 Å². The van der Waals surface area contributed by atoms with Crippen molar-refractivity contribution in [2.75, 3.05) is 11.9 Å². The summed E-state index contributed by atoms with van der Waals surface area (Å²) >= 11 is 0.577. The molecule has 0 heterocycles. The van der Waals surface area contributed by atoms with Crippen molar-refractivity contribution in [1.29, 1.82) is 0 Å². The van der Waals surface area contributed by atoms with Crippen molar-refractivity contribution in [1.82, 2.24) is 0 Å². The van der Waals surface area contributed by atoms with E-state index >= 15 is 0 Å². The van der Waals surface area contributed by atoms with Crippen LogP contribution in [-0.4, -0.2) is 18.3 Å². The van der Waals surface area contributed by atoms with Crippen LogP contribution in [-0.2, 0) is 0 Å². The third-order valence-corrected chi connectivity index (χ3v) is 4.37. The Morgan fingerprint density at radius 2 is 1.89 bits per heavy atom. The lowest BCUT2D eigenvalue weighted by Gasteiger charge is -2.32. The molecular weight excluding hydrogens is 266 g/mol. The Morgan fingerprint density at radius 1 is 1.21 bits per heavy atom. The molecule has 2 unspecified atom stereocenters. The minimum absolute atomic E-state index is 0.410. The Kier molecular flexibility index (Phi) is 5.45. The van der Waals surface area contributed by atoms with E-state index in [4.69, 9.17) is 5.73 Å². The molecule has 5 heteroatoms. The standard InChI is InChI=1S/C14H20F2N2S/c15-14(16)19-12-7-5-11(6-8-12)18-13-4-2-1-3-10(13)9-17/h5-8,10,13-14,18H,1-4,9,17H2. The molecule has 2 rings (SSSR count). The van der Waals surface area contributed by atoms with Crippen LogP contribution in [0, 0.1) is 5.92 Å². The maximum Gasteiger partial charge on any atom is 0.288 e. The van der Waals surface area contributed by atoms with Gasteiger partial charge in [-0.05, 0) is 49.6 Å². The van der Waals surface area contributed by atoms with E-state index in [1.807, 2.05) is 12.1 Å².